The highest BCUT2D eigenvalue weighted by atomic mass is 35.5. The van der Waals surface area contributed by atoms with Gasteiger partial charge in [0.25, 0.3) is 11.7 Å². The van der Waals surface area contributed by atoms with Crippen molar-refractivity contribution in [3.05, 3.63) is 99.3 Å². The summed E-state index contributed by atoms with van der Waals surface area (Å²) in [5, 5.41) is 11.9. The Kier molecular flexibility index (Phi) is 6.68. The highest BCUT2D eigenvalue weighted by molar-refractivity contribution is 6.51. The van der Waals surface area contributed by atoms with Gasteiger partial charge in [0.15, 0.2) is 0 Å². The Hall–Kier alpha value is -3.64. The standard InChI is InChI=1S/C28H25ClFNO4/c1-15(2)20-14-21(16(3)13-23(20)35-4)26(32)24-25(19-7-5-6-8-22(19)30)31(28(34)27(24)33)18-11-9-17(29)10-12-18/h5-15,25,32H,1-4H3/b26-24+. The van der Waals surface area contributed by atoms with Gasteiger partial charge in [-0.25, -0.2) is 4.39 Å². The van der Waals surface area contributed by atoms with Crippen LogP contribution in [-0.4, -0.2) is 23.9 Å². The molecule has 1 aliphatic rings. The molecule has 0 saturated carbocycles. The number of nitrogens with zero attached hydrogens (tertiary/aromatic N) is 1. The maximum absolute atomic E-state index is 15.0. The van der Waals surface area contributed by atoms with E-state index in [0.717, 1.165) is 5.56 Å². The van der Waals surface area contributed by atoms with E-state index < -0.39 is 23.5 Å². The lowest BCUT2D eigenvalue weighted by molar-refractivity contribution is -0.132. The van der Waals surface area contributed by atoms with E-state index in [2.05, 4.69) is 0 Å². The van der Waals surface area contributed by atoms with Gasteiger partial charge in [0, 0.05) is 21.8 Å². The van der Waals surface area contributed by atoms with Crippen LogP contribution in [0.1, 0.15) is 48.1 Å². The number of benzene rings is 3. The predicted molar refractivity (Wildman–Crippen MR) is 134 cm³/mol. The van der Waals surface area contributed by atoms with Crippen LogP contribution in [0.3, 0.4) is 0 Å². The molecule has 0 aliphatic carbocycles. The Labute approximate surface area is 208 Å². The summed E-state index contributed by atoms with van der Waals surface area (Å²) in [4.78, 5) is 27.8. The third kappa shape index (κ3) is 4.30. The second-order valence-electron chi connectivity index (χ2n) is 8.73. The number of carbonyl (C=O) groups excluding carboxylic acids is 2. The van der Waals surface area contributed by atoms with Crippen LogP contribution >= 0.6 is 11.6 Å². The molecular weight excluding hydrogens is 469 g/mol. The number of ether oxygens (including phenoxy) is 1. The van der Waals surface area contributed by atoms with Crippen molar-refractivity contribution in [1.82, 2.24) is 0 Å². The van der Waals surface area contributed by atoms with Crippen molar-refractivity contribution in [3.8, 4) is 5.75 Å². The fourth-order valence-electron chi connectivity index (χ4n) is 4.42. The molecule has 7 heteroatoms. The van der Waals surface area contributed by atoms with E-state index in [1.807, 2.05) is 13.8 Å². The second-order valence-corrected chi connectivity index (χ2v) is 9.17. The first kappa shape index (κ1) is 24.5. The van der Waals surface area contributed by atoms with Crippen molar-refractivity contribution in [3.63, 3.8) is 0 Å². The number of amides is 1. The molecule has 1 amide bonds. The average molecular weight is 494 g/mol. The molecule has 1 heterocycles. The minimum atomic E-state index is -1.17. The maximum atomic E-state index is 15.0. The molecule has 1 N–H and O–H groups in total. The molecule has 180 valence electrons. The molecule has 5 nitrogen and oxygen atoms in total. The summed E-state index contributed by atoms with van der Waals surface area (Å²) in [6, 6.07) is 14.6. The number of hydrogen-bond donors (Lipinski definition) is 1. The van der Waals surface area contributed by atoms with Crippen LogP contribution in [0.25, 0.3) is 5.76 Å². The number of ketones is 1. The first-order valence-corrected chi connectivity index (χ1v) is 11.5. The van der Waals surface area contributed by atoms with Crippen LogP contribution in [0, 0.1) is 12.7 Å². The molecule has 1 atom stereocenters. The van der Waals surface area contributed by atoms with Crippen LogP contribution in [-0.2, 0) is 9.59 Å². The van der Waals surface area contributed by atoms with Crippen molar-refractivity contribution < 1.29 is 23.8 Å². The zero-order chi connectivity index (χ0) is 25.4. The number of rotatable bonds is 5. The van der Waals surface area contributed by atoms with Gasteiger partial charge in [-0.2, -0.15) is 0 Å². The summed E-state index contributed by atoms with van der Waals surface area (Å²) in [5.41, 5.74) is 2.13. The van der Waals surface area contributed by atoms with E-state index in [1.54, 1.807) is 56.5 Å². The van der Waals surface area contributed by atoms with Gasteiger partial charge in [-0.15, -0.1) is 0 Å². The molecule has 3 aromatic rings. The molecule has 1 unspecified atom stereocenters. The van der Waals surface area contributed by atoms with Crippen LogP contribution in [0.2, 0.25) is 5.02 Å². The van der Waals surface area contributed by atoms with Gasteiger partial charge < -0.3 is 9.84 Å². The Bertz CT molecular complexity index is 1350. The van der Waals surface area contributed by atoms with E-state index in [4.69, 9.17) is 16.3 Å². The number of aryl methyl sites for hydroxylation is 1. The number of halogens is 2. The summed E-state index contributed by atoms with van der Waals surface area (Å²) in [7, 11) is 1.57. The molecule has 0 bridgehead atoms. The molecule has 1 fully saturated rings. The third-order valence-electron chi connectivity index (χ3n) is 6.20. The second kappa shape index (κ2) is 9.55. The van der Waals surface area contributed by atoms with Crippen LogP contribution < -0.4 is 9.64 Å². The number of aliphatic hydroxyl groups is 1. The smallest absolute Gasteiger partial charge is 0.300 e. The number of aliphatic hydroxyl groups excluding tert-OH is 1. The first-order chi connectivity index (χ1) is 16.6. The van der Waals surface area contributed by atoms with E-state index in [1.165, 1.54) is 23.1 Å². The zero-order valence-corrected chi connectivity index (χ0v) is 20.6. The van der Waals surface area contributed by atoms with Crippen molar-refractivity contribution in [2.24, 2.45) is 0 Å². The molecule has 0 radical (unpaired) electrons. The lowest BCUT2D eigenvalue weighted by Crippen LogP contribution is -2.29. The maximum Gasteiger partial charge on any atom is 0.300 e. The molecule has 0 aromatic heterocycles. The lowest BCUT2D eigenvalue weighted by Gasteiger charge is -2.26. The first-order valence-electron chi connectivity index (χ1n) is 11.2. The number of anilines is 1. The van der Waals surface area contributed by atoms with E-state index in [9.17, 15) is 14.7 Å². The van der Waals surface area contributed by atoms with Crippen LogP contribution in [0.4, 0.5) is 10.1 Å². The Morgan fingerprint density at radius 2 is 1.74 bits per heavy atom. The molecule has 1 aliphatic heterocycles. The topological polar surface area (TPSA) is 66.8 Å². The van der Waals surface area contributed by atoms with E-state index in [0.29, 0.717) is 27.6 Å². The van der Waals surface area contributed by atoms with Crippen molar-refractivity contribution in [2.75, 3.05) is 12.0 Å². The van der Waals surface area contributed by atoms with Gasteiger partial charge in [0.1, 0.15) is 17.3 Å². The molecule has 3 aromatic carbocycles. The van der Waals surface area contributed by atoms with Crippen LogP contribution in [0.5, 0.6) is 5.75 Å². The highest BCUT2D eigenvalue weighted by Gasteiger charge is 2.48. The molecule has 1 saturated heterocycles. The largest absolute Gasteiger partial charge is 0.507 e. The van der Waals surface area contributed by atoms with Gasteiger partial charge >= 0.3 is 0 Å². The zero-order valence-electron chi connectivity index (χ0n) is 19.8. The number of Topliss-reactive ketones (excluding diaryl/α,β-unsaturated/α-hetero) is 1. The summed E-state index contributed by atoms with van der Waals surface area (Å²) in [5.74, 6) is -2.00. The van der Waals surface area contributed by atoms with E-state index in [-0.39, 0.29) is 22.8 Å². The fourth-order valence-corrected chi connectivity index (χ4v) is 4.54. The van der Waals surface area contributed by atoms with Gasteiger partial charge in [-0.05, 0) is 66.4 Å². The van der Waals surface area contributed by atoms with Gasteiger partial charge in [-0.3, -0.25) is 14.5 Å². The van der Waals surface area contributed by atoms with Gasteiger partial charge in [0.2, 0.25) is 0 Å². The van der Waals surface area contributed by atoms with Crippen LogP contribution in [0.15, 0.2) is 66.2 Å². The highest BCUT2D eigenvalue weighted by Crippen LogP contribution is 2.44. The predicted octanol–water partition coefficient (Wildman–Crippen LogP) is 6.55. The van der Waals surface area contributed by atoms with Crippen molar-refractivity contribution in [2.45, 2.75) is 32.7 Å². The monoisotopic (exact) mass is 493 g/mol. The van der Waals surface area contributed by atoms with Gasteiger partial charge in [0.05, 0.1) is 18.7 Å². The van der Waals surface area contributed by atoms with Crippen molar-refractivity contribution in [1.29, 1.82) is 0 Å². The molecule has 35 heavy (non-hydrogen) atoms. The van der Waals surface area contributed by atoms with E-state index >= 15 is 4.39 Å². The summed E-state index contributed by atoms with van der Waals surface area (Å²) in [6.45, 7) is 5.74. The Balaban J connectivity index is 2.00. The van der Waals surface area contributed by atoms with Gasteiger partial charge in [-0.1, -0.05) is 43.6 Å². The molecule has 0 spiro atoms. The van der Waals surface area contributed by atoms with Crippen molar-refractivity contribution >= 4 is 34.7 Å². The average Bonchev–Trinajstić information content (AvgIpc) is 3.09. The summed E-state index contributed by atoms with van der Waals surface area (Å²) in [6.07, 6.45) is 0. The Morgan fingerprint density at radius 1 is 1.09 bits per heavy atom. The number of carbonyl (C=O) groups is 2. The number of hydrogen-bond acceptors (Lipinski definition) is 4. The lowest BCUT2D eigenvalue weighted by atomic mass is 9.91. The minimum absolute atomic E-state index is 0.0657. The molecular formula is C28H25ClFNO4. The molecule has 4 rings (SSSR count). The Morgan fingerprint density at radius 3 is 2.34 bits per heavy atom. The number of methoxy groups -OCH3 is 1. The third-order valence-corrected chi connectivity index (χ3v) is 6.45. The summed E-state index contributed by atoms with van der Waals surface area (Å²) < 4.78 is 20.5. The SMILES string of the molecule is COc1cc(C)c(/C(O)=C2\C(=O)C(=O)N(c3ccc(Cl)cc3)C2c2ccccc2F)cc1C(C)C. The minimum Gasteiger partial charge on any atom is -0.507 e. The quantitative estimate of drug-likeness (QED) is 0.249. The normalized spacial score (nSPS) is 17.3. The fraction of sp³-hybridized carbons (Fsp3) is 0.214. The summed E-state index contributed by atoms with van der Waals surface area (Å²) >= 11 is 6.01.